The van der Waals surface area contributed by atoms with Crippen LogP contribution in [0.1, 0.15) is 67.2 Å². The maximum atomic E-state index is 3.81. The fourth-order valence-corrected chi connectivity index (χ4v) is 3.57. The zero-order valence-electron chi connectivity index (χ0n) is 14.8. The Hall–Kier alpha value is -0.0800. The summed E-state index contributed by atoms with van der Waals surface area (Å²) >= 11 is 0. The minimum Gasteiger partial charge on any atom is -0.314 e. The number of hydrogen-bond donors (Lipinski definition) is 1. The minimum absolute atomic E-state index is 0.668. The van der Waals surface area contributed by atoms with Gasteiger partial charge in [-0.25, -0.2) is 0 Å². The first-order valence-corrected chi connectivity index (χ1v) is 8.91. The molecule has 1 rings (SSSR count). The van der Waals surface area contributed by atoms with E-state index in [1.807, 2.05) is 0 Å². The molecule has 0 aromatic rings. The molecule has 2 heteroatoms. The van der Waals surface area contributed by atoms with Gasteiger partial charge in [-0.2, -0.15) is 0 Å². The van der Waals surface area contributed by atoms with Crippen molar-refractivity contribution in [2.75, 3.05) is 19.6 Å². The summed E-state index contributed by atoms with van der Waals surface area (Å²) in [4.78, 5) is 2.70. The summed E-state index contributed by atoms with van der Waals surface area (Å²) in [7, 11) is 0. The number of rotatable bonds is 8. The Morgan fingerprint density at radius 2 is 1.85 bits per heavy atom. The van der Waals surface area contributed by atoms with E-state index in [-0.39, 0.29) is 0 Å². The third-order valence-corrected chi connectivity index (χ3v) is 4.70. The Kier molecular flexibility index (Phi) is 8.13. The van der Waals surface area contributed by atoms with Crippen LogP contribution < -0.4 is 5.32 Å². The average Bonchev–Trinajstić information content (AvgIpc) is 2.36. The van der Waals surface area contributed by atoms with Crippen molar-refractivity contribution in [2.24, 2.45) is 17.8 Å². The SMILES string of the molecule is CCCNC1CCC(C)CC1CN(CC(C)C)C(C)C. The van der Waals surface area contributed by atoms with E-state index in [2.05, 4.69) is 51.8 Å². The van der Waals surface area contributed by atoms with Gasteiger partial charge in [0.2, 0.25) is 0 Å². The van der Waals surface area contributed by atoms with Gasteiger partial charge in [-0.05, 0) is 63.8 Å². The first-order valence-electron chi connectivity index (χ1n) is 8.91. The van der Waals surface area contributed by atoms with Crippen LogP contribution >= 0.6 is 0 Å². The molecule has 20 heavy (non-hydrogen) atoms. The Labute approximate surface area is 127 Å². The fourth-order valence-electron chi connectivity index (χ4n) is 3.57. The Bertz CT molecular complexity index is 248. The quantitative estimate of drug-likeness (QED) is 0.719. The number of nitrogens with one attached hydrogen (secondary N) is 1. The molecule has 0 aromatic heterocycles. The maximum absolute atomic E-state index is 3.81. The van der Waals surface area contributed by atoms with Crippen LogP contribution in [0.2, 0.25) is 0 Å². The Balaban J connectivity index is 2.61. The number of nitrogens with zero attached hydrogens (tertiary/aromatic N) is 1. The lowest BCUT2D eigenvalue weighted by atomic mass is 9.78. The van der Waals surface area contributed by atoms with E-state index in [9.17, 15) is 0 Å². The molecule has 1 saturated carbocycles. The lowest BCUT2D eigenvalue weighted by molar-refractivity contribution is 0.114. The second-order valence-electron chi connectivity index (χ2n) is 7.68. The number of hydrogen-bond acceptors (Lipinski definition) is 2. The first kappa shape index (κ1) is 18.0. The largest absolute Gasteiger partial charge is 0.314 e. The van der Waals surface area contributed by atoms with Gasteiger partial charge in [0, 0.05) is 25.2 Å². The van der Waals surface area contributed by atoms with Crippen LogP contribution in [0.15, 0.2) is 0 Å². The van der Waals surface area contributed by atoms with Crippen molar-refractivity contribution in [3.05, 3.63) is 0 Å². The van der Waals surface area contributed by atoms with Crippen LogP contribution in [0.5, 0.6) is 0 Å². The highest BCUT2D eigenvalue weighted by Gasteiger charge is 2.30. The van der Waals surface area contributed by atoms with E-state index in [1.54, 1.807) is 0 Å². The molecule has 1 aliphatic carbocycles. The molecule has 120 valence electrons. The maximum Gasteiger partial charge on any atom is 0.0108 e. The van der Waals surface area contributed by atoms with Gasteiger partial charge in [-0.3, -0.25) is 0 Å². The van der Waals surface area contributed by atoms with Crippen molar-refractivity contribution < 1.29 is 0 Å². The zero-order chi connectivity index (χ0) is 15.1. The molecule has 0 radical (unpaired) electrons. The van der Waals surface area contributed by atoms with E-state index < -0.39 is 0 Å². The highest BCUT2D eigenvalue weighted by Crippen LogP contribution is 2.30. The van der Waals surface area contributed by atoms with Gasteiger partial charge in [-0.1, -0.05) is 27.7 Å². The van der Waals surface area contributed by atoms with Crippen molar-refractivity contribution in [3.8, 4) is 0 Å². The molecular formula is C18H38N2. The van der Waals surface area contributed by atoms with Gasteiger partial charge in [0.15, 0.2) is 0 Å². The molecule has 2 nitrogen and oxygen atoms in total. The second kappa shape index (κ2) is 9.04. The molecule has 0 bridgehead atoms. The second-order valence-corrected chi connectivity index (χ2v) is 7.68. The van der Waals surface area contributed by atoms with Gasteiger partial charge in [-0.15, -0.1) is 0 Å². The highest BCUT2D eigenvalue weighted by atomic mass is 15.2. The molecule has 0 spiro atoms. The fraction of sp³-hybridized carbons (Fsp3) is 1.00. The summed E-state index contributed by atoms with van der Waals surface area (Å²) in [5.74, 6) is 2.51. The lowest BCUT2D eigenvalue weighted by Gasteiger charge is -2.40. The molecule has 1 fully saturated rings. The summed E-state index contributed by atoms with van der Waals surface area (Å²) in [5, 5.41) is 3.81. The van der Waals surface area contributed by atoms with Crippen molar-refractivity contribution in [2.45, 2.75) is 79.3 Å². The van der Waals surface area contributed by atoms with Crippen LogP contribution in [0.25, 0.3) is 0 Å². The van der Waals surface area contributed by atoms with Crippen molar-refractivity contribution in [1.29, 1.82) is 0 Å². The van der Waals surface area contributed by atoms with E-state index in [1.165, 1.54) is 45.3 Å². The van der Waals surface area contributed by atoms with E-state index in [0.717, 1.165) is 23.8 Å². The van der Waals surface area contributed by atoms with Crippen molar-refractivity contribution in [1.82, 2.24) is 10.2 Å². The molecular weight excluding hydrogens is 244 g/mol. The van der Waals surface area contributed by atoms with Gasteiger partial charge < -0.3 is 10.2 Å². The Morgan fingerprint density at radius 1 is 1.15 bits per heavy atom. The van der Waals surface area contributed by atoms with Crippen LogP contribution in [-0.2, 0) is 0 Å². The van der Waals surface area contributed by atoms with Gasteiger partial charge in [0.05, 0.1) is 0 Å². The summed E-state index contributed by atoms with van der Waals surface area (Å²) in [5.41, 5.74) is 0. The van der Waals surface area contributed by atoms with Crippen molar-refractivity contribution >= 4 is 0 Å². The van der Waals surface area contributed by atoms with E-state index >= 15 is 0 Å². The van der Waals surface area contributed by atoms with Crippen molar-refractivity contribution in [3.63, 3.8) is 0 Å². The summed E-state index contributed by atoms with van der Waals surface area (Å²) in [6, 6.07) is 1.42. The van der Waals surface area contributed by atoms with E-state index in [4.69, 9.17) is 0 Å². The summed E-state index contributed by atoms with van der Waals surface area (Å²) in [6.45, 7) is 17.8. The predicted octanol–water partition coefficient (Wildman–Crippen LogP) is 4.16. The molecule has 1 aliphatic rings. The van der Waals surface area contributed by atoms with E-state index in [0.29, 0.717) is 6.04 Å². The molecule has 0 heterocycles. The van der Waals surface area contributed by atoms with Gasteiger partial charge >= 0.3 is 0 Å². The molecule has 0 aromatic carbocycles. The zero-order valence-corrected chi connectivity index (χ0v) is 14.8. The topological polar surface area (TPSA) is 15.3 Å². The third kappa shape index (κ3) is 6.13. The highest BCUT2D eigenvalue weighted by molar-refractivity contribution is 4.86. The van der Waals surface area contributed by atoms with Gasteiger partial charge in [0.1, 0.15) is 0 Å². The lowest BCUT2D eigenvalue weighted by Crippen LogP contribution is -2.48. The third-order valence-electron chi connectivity index (χ3n) is 4.70. The van der Waals surface area contributed by atoms with Crippen LogP contribution in [0.4, 0.5) is 0 Å². The van der Waals surface area contributed by atoms with Crippen LogP contribution in [0, 0.1) is 17.8 Å². The standard InChI is InChI=1S/C18H38N2/c1-7-10-19-18-9-8-16(6)11-17(18)13-20(15(4)5)12-14(2)3/h14-19H,7-13H2,1-6H3. The summed E-state index contributed by atoms with van der Waals surface area (Å²) in [6.07, 6.45) is 5.44. The molecule has 3 atom stereocenters. The molecule has 0 aliphatic heterocycles. The Morgan fingerprint density at radius 3 is 2.40 bits per heavy atom. The predicted molar refractivity (Wildman–Crippen MR) is 90.1 cm³/mol. The minimum atomic E-state index is 0.668. The molecule has 0 amide bonds. The average molecular weight is 283 g/mol. The molecule has 1 N–H and O–H groups in total. The summed E-state index contributed by atoms with van der Waals surface area (Å²) < 4.78 is 0. The molecule has 3 unspecified atom stereocenters. The first-order chi connectivity index (χ1) is 9.43. The van der Waals surface area contributed by atoms with Crippen LogP contribution in [-0.4, -0.2) is 36.6 Å². The molecule has 0 saturated heterocycles. The monoisotopic (exact) mass is 282 g/mol. The van der Waals surface area contributed by atoms with Gasteiger partial charge in [0.25, 0.3) is 0 Å². The van der Waals surface area contributed by atoms with Crippen LogP contribution in [0.3, 0.4) is 0 Å². The smallest absolute Gasteiger partial charge is 0.0108 e. The normalized spacial score (nSPS) is 27.8.